The maximum atomic E-state index is 12.9. The van der Waals surface area contributed by atoms with E-state index in [0.29, 0.717) is 37.6 Å². The van der Waals surface area contributed by atoms with E-state index in [1.54, 1.807) is 31.4 Å². The molecule has 6 rings (SSSR count). The van der Waals surface area contributed by atoms with E-state index in [9.17, 15) is 8.42 Å². The molecule has 2 aromatic carbocycles. The second-order valence-electron chi connectivity index (χ2n) is 9.45. The molecule has 34 heavy (non-hydrogen) atoms. The lowest BCUT2D eigenvalue weighted by atomic mass is 9.56. The molecule has 4 aliphatic rings. The Morgan fingerprint density at radius 3 is 2.59 bits per heavy atom. The van der Waals surface area contributed by atoms with Crippen LogP contribution in [0.5, 0.6) is 11.5 Å². The summed E-state index contributed by atoms with van der Waals surface area (Å²) in [4.78, 5) is 0.156. The number of allylic oxidation sites excluding steroid dienone is 1. The summed E-state index contributed by atoms with van der Waals surface area (Å²) in [6.07, 6.45) is 5.92. The summed E-state index contributed by atoms with van der Waals surface area (Å²) in [5, 5.41) is 0. The Balaban J connectivity index is 1.39. The van der Waals surface area contributed by atoms with E-state index in [0.717, 1.165) is 23.1 Å². The molecule has 2 aromatic rings. The van der Waals surface area contributed by atoms with Crippen molar-refractivity contribution in [2.75, 3.05) is 26.9 Å². The van der Waals surface area contributed by atoms with E-state index in [4.69, 9.17) is 23.1 Å². The molecule has 1 spiro atoms. The highest BCUT2D eigenvalue weighted by molar-refractivity contribution is 7.86. The second kappa shape index (κ2) is 7.81. The Kier molecular flexibility index (Phi) is 5.08. The summed E-state index contributed by atoms with van der Waals surface area (Å²) in [7, 11) is -2.26. The molecule has 2 heterocycles. The largest absolute Gasteiger partial charge is 0.493 e. The van der Waals surface area contributed by atoms with E-state index in [1.165, 1.54) is 0 Å². The minimum atomic E-state index is -3.88. The Labute approximate surface area is 199 Å². The molecule has 0 N–H and O–H groups in total. The van der Waals surface area contributed by atoms with Crippen molar-refractivity contribution in [3.63, 3.8) is 0 Å². The molecule has 0 amide bonds. The van der Waals surface area contributed by atoms with Crippen molar-refractivity contribution in [2.45, 2.75) is 48.4 Å². The smallest absolute Gasteiger partial charge is 0.296 e. The number of hydrogen-bond acceptors (Lipinski definition) is 7. The maximum absolute atomic E-state index is 12.9. The maximum Gasteiger partial charge on any atom is 0.296 e. The van der Waals surface area contributed by atoms with Gasteiger partial charge in [-0.3, -0.25) is 4.18 Å². The lowest BCUT2D eigenvalue weighted by Crippen LogP contribution is -2.62. The zero-order chi connectivity index (χ0) is 23.6. The average molecular weight is 485 g/mol. The molecule has 0 unspecified atom stereocenters. The highest BCUT2D eigenvalue weighted by atomic mass is 32.2. The number of rotatable bonds is 6. The first kappa shape index (κ1) is 22.1. The molecule has 0 aromatic heterocycles. The van der Waals surface area contributed by atoms with Gasteiger partial charge in [-0.1, -0.05) is 35.9 Å². The van der Waals surface area contributed by atoms with Gasteiger partial charge in [-0.05, 0) is 49.4 Å². The number of hydrogen-bond donors (Lipinski definition) is 0. The highest BCUT2D eigenvalue weighted by Crippen LogP contribution is 2.64. The fourth-order valence-corrected chi connectivity index (χ4v) is 7.13. The Morgan fingerprint density at radius 2 is 1.85 bits per heavy atom. The molecule has 2 aliphatic carbocycles. The summed E-state index contributed by atoms with van der Waals surface area (Å²) in [6.45, 7) is 2.95. The lowest BCUT2D eigenvalue weighted by Gasteiger charge is -2.52. The van der Waals surface area contributed by atoms with Gasteiger partial charge in [0.25, 0.3) is 10.1 Å². The van der Waals surface area contributed by atoms with Gasteiger partial charge in [0.1, 0.15) is 0 Å². The van der Waals surface area contributed by atoms with Crippen molar-refractivity contribution in [3.05, 3.63) is 59.2 Å². The van der Waals surface area contributed by atoms with Gasteiger partial charge in [0, 0.05) is 12.0 Å². The standard InChI is InChI=1S/C26H28O7S/c1-17-3-8-20(9-4-17)34(27,28)32-14-13-25-19-7-5-18-6-10-21(29-2)23(22(18)25)33-24(25)26(12-11-19)30-15-16-31-26/h3-10,19,24H,11-16H2,1-2H3/t19-,24-,25+/m1/s1. The molecular weight excluding hydrogens is 456 g/mol. The fourth-order valence-electron chi connectivity index (χ4n) is 6.23. The number of fused-ring (bicyclic) bond motifs is 1. The van der Waals surface area contributed by atoms with Crippen molar-refractivity contribution in [2.24, 2.45) is 5.92 Å². The molecule has 3 atom stereocenters. The van der Waals surface area contributed by atoms with Gasteiger partial charge < -0.3 is 18.9 Å². The number of methoxy groups -OCH3 is 1. The third-order valence-corrected chi connectivity index (χ3v) is 9.08. The van der Waals surface area contributed by atoms with Crippen LogP contribution >= 0.6 is 0 Å². The van der Waals surface area contributed by atoms with Crippen LogP contribution in [0.2, 0.25) is 0 Å². The van der Waals surface area contributed by atoms with Crippen LogP contribution in [0, 0.1) is 12.8 Å². The van der Waals surface area contributed by atoms with E-state index in [1.807, 2.05) is 19.1 Å². The van der Waals surface area contributed by atoms with Gasteiger partial charge in [-0.15, -0.1) is 0 Å². The SMILES string of the molecule is COc1ccc2c3c1O[C@H]1C4(CC[C@@H](C=C2)[C@@]31CCOS(=O)(=O)c1ccc(C)cc1)OCCO4. The lowest BCUT2D eigenvalue weighted by molar-refractivity contribution is -0.248. The van der Waals surface area contributed by atoms with Gasteiger partial charge >= 0.3 is 0 Å². The van der Waals surface area contributed by atoms with Crippen LogP contribution < -0.4 is 9.47 Å². The molecule has 180 valence electrons. The summed E-state index contributed by atoms with van der Waals surface area (Å²) in [5.74, 6) is 0.630. The third kappa shape index (κ3) is 3.09. The van der Waals surface area contributed by atoms with E-state index in [-0.39, 0.29) is 17.4 Å². The molecule has 1 saturated heterocycles. The summed E-state index contributed by atoms with van der Waals surface area (Å²) in [5.41, 5.74) is 2.53. The Bertz CT molecular complexity index is 1240. The predicted molar refractivity (Wildman–Crippen MR) is 124 cm³/mol. The molecule has 2 aliphatic heterocycles. The first-order valence-electron chi connectivity index (χ1n) is 11.7. The molecule has 0 bridgehead atoms. The molecule has 8 heteroatoms. The van der Waals surface area contributed by atoms with Crippen LogP contribution in [0.1, 0.15) is 36.0 Å². The average Bonchev–Trinajstić information content (AvgIpc) is 3.44. The van der Waals surface area contributed by atoms with Crippen molar-refractivity contribution in [3.8, 4) is 11.5 Å². The minimum absolute atomic E-state index is 0.0204. The van der Waals surface area contributed by atoms with Crippen molar-refractivity contribution >= 4 is 16.2 Å². The van der Waals surface area contributed by atoms with Gasteiger partial charge in [0.2, 0.25) is 5.79 Å². The van der Waals surface area contributed by atoms with Gasteiger partial charge in [-0.2, -0.15) is 8.42 Å². The van der Waals surface area contributed by atoms with Crippen molar-refractivity contribution < 1.29 is 31.5 Å². The number of benzene rings is 2. The highest BCUT2D eigenvalue weighted by Gasteiger charge is 2.67. The van der Waals surface area contributed by atoms with E-state index < -0.39 is 27.4 Å². The monoisotopic (exact) mass is 484 g/mol. The summed E-state index contributed by atoms with van der Waals surface area (Å²) in [6, 6.07) is 10.6. The molecule has 2 fully saturated rings. The zero-order valence-electron chi connectivity index (χ0n) is 19.3. The van der Waals surface area contributed by atoms with Crippen molar-refractivity contribution in [1.82, 2.24) is 0 Å². The Morgan fingerprint density at radius 1 is 1.09 bits per heavy atom. The summed E-state index contributed by atoms with van der Waals surface area (Å²) < 4.78 is 56.0. The van der Waals surface area contributed by atoms with Crippen LogP contribution in [0.4, 0.5) is 0 Å². The van der Waals surface area contributed by atoms with Gasteiger partial charge in [0.05, 0.1) is 37.2 Å². The molecule has 1 saturated carbocycles. The molecular formula is C26H28O7S. The van der Waals surface area contributed by atoms with Gasteiger partial charge in [-0.25, -0.2) is 0 Å². The van der Waals surface area contributed by atoms with Crippen LogP contribution in [-0.2, 0) is 29.2 Å². The third-order valence-electron chi connectivity index (χ3n) is 7.76. The quantitative estimate of drug-likeness (QED) is 0.574. The zero-order valence-corrected chi connectivity index (χ0v) is 20.1. The van der Waals surface area contributed by atoms with Crippen molar-refractivity contribution in [1.29, 1.82) is 0 Å². The normalized spacial score (nSPS) is 28.1. The predicted octanol–water partition coefficient (Wildman–Crippen LogP) is 3.98. The van der Waals surface area contributed by atoms with Crippen LogP contribution in [0.25, 0.3) is 6.08 Å². The minimum Gasteiger partial charge on any atom is -0.493 e. The fraction of sp³-hybridized carbons (Fsp3) is 0.462. The number of ether oxygens (including phenoxy) is 4. The first-order chi connectivity index (χ1) is 16.4. The second-order valence-corrected chi connectivity index (χ2v) is 11.1. The molecule has 7 nitrogen and oxygen atoms in total. The van der Waals surface area contributed by atoms with Crippen LogP contribution in [0.3, 0.4) is 0 Å². The summed E-state index contributed by atoms with van der Waals surface area (Å²) >= 11 is 0. The molecule has 0 radical (unpaired) electrons. The topological polar surface area (TPSA) is 80.3 Å². The van der Waals surface area contributed by atoms with Crippen LogP contribution in [0.15, 0.2) is 47.4 Å². The number of aryl methyl sites for hydroxylation is 1. The van der Waals surface area contributed by atoms with E-state index in [2.05, 4.69) is 12.2 Å². The van der Waals surface area contributed by atoms with Crippen LogP contribution in [-0.4, -0.2) is 47.2 Å². The Hall–Kier alpha value is -2.39. The van der Waals surface area contributed by atoms with E-state index >= 15 is 0 Å². The van der Waals surface area contributed by atoms with Gasteiger partial charge in [0.15, 0.2) is 17.6 Å². The first-order valence-corrected chi connectivity index (χ1v) is 13.1.